The smallest absolute Gasteiger partial charge is 0.177 e. The summed E-state index contributed by atoms with van der Waals surface area (Å²) in [5.41, 5.74) is 1.96. The summed E-state index contributed by atoms with van der Waals surface area (Å²) < 4.78 is 0. The first-order chi connectivity index (χ1) is 5.40. The van der Waals surface area contributed by atoms with Gasteiger partial charge in [-0.2, -0.15) is 0 Å². The van der Waals surface area contributed by atoms with Gasteiger partial charge in [0.2, 0.25) is 0 Å². The molecule has 0 unspecified atom stereocenters. The first kappa shape index (κ1) is 6.22. The Morgan fingerprint density at radius 1 is 1.36 bits per heavy atom. The van der Waals surface area contributed by atoms with Gasteiger partial charge in [-0.25, -0.2) is 4.99 Å². The number of hydrogen-bond acceptors (Lipinski definition) is 3. The second-order valence-electron chi connectivity index (χ2n) is 2.42. The Morgan fingerprint density at radius 2 is 2.18 bits per heavy atom. The first-order valence-corrected chi connectivity index (χ1v) is 3.39. The Labute approximate surface area is 63.7 Å². The summed E-state index contributed by atoms with van der Waals surface area (Å²) in [5.74, 6) is 0.381. The molecule has 0 atom stereocenters. The van der Waals surface area contributed by atoms with Crippen LogP contribution in [-0.2, 0) is 6.42 Å². The molecule has 0 aromatic heterocycles. The van der Waals surface area contributed by atoms with Crippen molar-refractivity contribution >= 4 is 11.5 Å². The lowest BCUT2D eigenvalue weighted by Gasteiger charge is -1.90. The van der Waals surface area contributed by atoms with Gasteiger partial charge in [0.05, 0.1) is 5.69 Å². The molecule has 0 spiro atoms. The van der Waals surface area contributed by atoms with Gasteiger partial charge in [0.15, 0.2) is 5.84 Å². The summed E-state index contributed by atoms with van der Waals surface area (Å²) >= 11 is 0. The minimum absolute atomic E-state index is 0.381. The summed E-state index contributed by atoms with van der Waals surface area (Å²) in [6.45, 7) is 0. The Balaban J connectivity index is 2.47. The second-order valence-corrected chi connectivity index (χ2v) is 2.42. The van der Waals surface area contributed by atoms with Gasteiger partial charge in [0.25, 0.3) is 0 Å². The molecule has 3 nitrogen and oxygen atoms in total. The summed E-state index contributed by atoms with van der Waals surface area (Å²) in [7, 11) is 0. The van der Waals surface area contributed by atoms with Crippen LogP contribution >= 0.6 is 0 Å². The number of aliphatic imine (C=N–C) groups is 1. The number of hydrogen-bond donors (Lipinski definition) is 0. The SMILES string of the molecule is O=NC1=Nc2ccccc2C1. The van der Waals surface area contributed by atoms with E-state index in [2.05, 4.69) is 10.2 Å². The zero-order chi connectivity index (χ0) is 7.68. The van der Waals surface area contributed by atoms with E-state index >= 15 is 0 Å². The Hall–Kier alpha value is -1.51. The predicted molar refractivity (Wildman–Crippen MR) is 43.0 cm³/mol. The van der Waals surface area contributed by atoms with Crippen molar-refractivity contribution in [2.24, 2.45) is 10.2 Å². The normalized spacial score (nSPS) is 14.0. The van der Waals surface area contributed by atoms with Gasteiger partial charge >= 0.3 is 0 Å². The molecule has 1 heterocycles. The predicted octanol–water partition coefficient (Wildman–Crippen LogP) is 2.04. The van der Waals surface area contributed by atoms with Gasteiger partial charge in [0, 0.05) is 6.42 Å². The summed E-state index contributed by atoms with van der Waals surface area (Å²) in [4.78, 5) is 14.1. The third-order valence-electron chi connectivity index (χ3n) is 1.70. The first-order valence-electron chi connectivity index (χ1n) is 3.39. The van der Waals surface area contributed by atoms with Gasteiger partial charge < -0.3 is 0 Å². The fourth-order valence-electron chi connectivity index (χ4n) is 1.17. The standard InChI is InChI=1S/C8H6N2O/c11-10-8-5-6-3-1-2-4-7(6)9-8/h1-4H,5H2. The molecule has 0 fully saturated rings. The van der Waals surface area contributed by atoms with E-state index in [0.29, 0.717) is 12.3 Å². The van der Waals surface area contributed by atoms with Crippen LogP contribution in [0.25, 0.3) is 0 Å². The molecule has 3 heteroatoms. The Bertz CT molecular complexity index is 331. The molecule has 0 aliphatic carbocycles. The fraction of sp³-hybridized carbons (Fsp3) is 0.125. The van der Waals surface area contributed by atoms with Crippen LogP contribution in [0.15, 0.2) is 34.4 Å². The average Bonchev–Trinajstić information content (AvgIpc) is 2.46. The molecule has 0 N–H and O–H groups in total. The zero-order valence-electron chi connectivity index (χ0n) is 5.82. The van der Waals surface area contributed by atoms with Gasteiger partial charge in [-0.05, 0) is 16.8 Å². The van der Waals surface area contributed by atoms with E-state index in [-0.39, 0.29) is 0 Å². The van der Waals surface area contributed by atoms with Crippen LogP contribution in [0.3, 0.4) is 0 Å². The number of fused-ring (bicyclic) bond motifs is 1. The molecule has 1 aromatic carbocycles. The second kappa shape index (κ2) is 2.27. The van der Waals surface area contributed by atoms with Crippen LogP contribution in [-0.4, -0.2) is 5.84 Å². The van der Waals surface area contributed by atoms with Crippen LogP contribution in [0.2, 0.25) is 0 Å². The molecule has 0 saturated carbocycles. The monoisotopic (exact) mass is 146 g/mol. The molecule has 0 radical (unpaired) electrons. The van der Waals surface area contributed by atoms with E-state index in [0.717, 1.165) is 11.3 Å². The van der Waals surface area contributed by atoms with Crippen LogP contribution in [0.1, 0.15) is 5.56 Å². The highest BCUT2D eigenvalue weighted by atomic mass is 16.3. The lowest BCUT2D eigenvalue weighted by Crippen LogP contribution is -1.89. The lowest BCUT2D eigenvalue weighted by atomic mass is 10.1. The molecule has 2 rings (SSSR count). The third-order valence-corrected chi connectivity index (χ3v) is 1.70. The van der Waals surface area contributed by atoms with Gasteiger partial charge in [0.1, 0.15) is 0 Å². The van der Waals surface area contributed by atoms with Crippen molar-refractivity contribution in [1.82, 2.24) is 0 Å². The van der Waals surface area contributed by atoms with Crippen molar-refractivity contribution in [3.63, 3.8) is 0 Å². The number of nitrogens with zero attached hydrogens (tertiary/aromatic N) is 2. The lowest BCUT2D eigenvalue weighted by molar-refractivity contribution is 1.36. The maximum atomic E-state index is 10.1. The summed E-state index contributed by atoms with van der Waals surface area (Å²) in [6.07, 6.45) is 0.583. The minimum atomic E-state index is 0.381. The van der Waals surface area contributed by atoms with Crippen LogP contribution in [0.4, 0.5) is 5.69 Å². The van der Waals surface area contributed by atoms with E-state index in [9.17, 15) is 4.91 Å². The molecular weight excluding hydrogens is 140 g/mol. The van der Waals surface area contributed by atoms with Crippen molar-refractivity contribution < 1.29 is 0 Å². The van der Waals surface area contributed by atoms with Crippen molar-refractivity contribution in [3.8, 4) is 0 Å². The maximum Gasteiger partial charge on any atom is 0.177 e. The molecule has 0 bridgehead atoms. The van der Waals surface area contributed by atoms with E-state index in [1.54, 1.807) is 0 Å². The maximum absolute atomic E-state index is 10.1. The summed E-state index contributed by atoms with van der Waals surface area (Å²) in [6, 6.07) is 7.67. The molecular formula is C8H6N2O. The van der Waals surface area contributed by atoms with Crippen molar-refractivity contribution in [2.45, 2.75) is 6.42 Å². The number of nitroso groups, excluding NO2 is 1. The molecule has 1 aliphatic rings. The van der Waals surface area contributed by atoms with E-state index < -0.39 is 0 Å². The van der Waals surface area contributed by atoms with Gasteiger partial charge in [-0.15, -0.1) is 4.91 Å². The number of rotatable bonds is 0. The molecule has 0 amide bonds. The quantitative estimate of drug-likeness (QED) is 0.516. The van der Waals surface area contributed by atoms with Crippen LogP contribution < -0.4 is 0 Å². The van der Waals surface area contributed by atoms with Crippen molar-refractivity contribution in [3.05, 3.63) is 34.7 Å². The zero-order valence-corrected chi connectivity index (χ0v) is 5.82. The van der Waals surface area contributed by atoms with Crippen LogP contribution in [0, 0.1) is 4.91 Å². The number of amidine groups is 1. The molecule has 1 aromatic rings. The van der Waals surface area contributed by atoms with E-state index in [4.69, 9.17) is 0 Å². The van der Waals surface area contributed by atoms with Gasteiger partial charge in [-0.1, -0.05) is 18.2 Å². The van der Waals surface area contributed by atoms with E-state index in [1.165, 1.54) is 0 Å². The highest BCUT2D eigenvalue weighted by Gasteiger charge is 2.12. The minimum Gasteiger partial charge on any atom is -0.229 e. The molecule has 11 heavy (non-hydrogen) atoms. The number of benzene rings is 1. The van der Waals surface area contributed by atoms with Gasteiger partial charge in [-0.3, -0.25) is 0 Å². The fourth-order valence-corrected chi connectivity index (χ4v) is 1.17. The highest BCUT2D eigenvalue weighted by Crippen LogP contribution is 2.25. The Kier molecular flexibility index (Phi) is 1.28. The molecule has 1 aliphatic heterocycles. The number of para-hydroxylation sites is 1. The topological polar surface area (TPSA) is 41.8 Å². The highest BCUT2D eigenvalue weighted by molar-refractivity contribution is 5.92. The van der Waals surface area contributed by atoms with Crippen molar-refractivity contribution in [1.29, 1.82) is 0 Å². The Morgan fingerprint density at radius 3 is 2.91 bits per heavy atom. The summed E-state index contributed by atoms with van der Waals surface area (Å²) in [5, 5.41) is 2.80. The average molecular weight is 146 g/mol. The van der Waals surface area contributed by atoms with Crippen LogP contribution in [0.5, 0.6) is 0 Å². The molecule has 54 valence electrons. The van der Waals surface area contributed by atoms with E-state index in [1.807, 2.05) is 24.3 Å². The molecule has 0 saturated heterocycles. The van der Waals surface area contributed by atoms with Crippen molar-refractivity contribution in [2.75, 3.05) is 0 Å². The third kappa shape index (κ3) is 0.941. The largest absolute Gasteiger partial charge is 0.229 e.